The zero-order valence-electron chi connectivity index (χ0n) is 13.8. The molecular formula is C21H19N3. The largest absolute Gasteiger partial charge is 0.388 e. The molecule has 0 radical (unpaired) electrons. The molecule has 0 atom stereocenters. The molecule has 0 saturated heterocycles. The van der Waals surface area contributed by atoms with E-state index in [0.717, 1.165) is 33.2 Å². The predicted molar refractivity (Wildman–Crippen MR) is 103 cm³/mol. The fourth-order valence-electron chi connectivity index (χ4n) is 3.18. The molecule has 0 aliphatic carbocycles. The average molecular weight is 313 g/mol. The number of hydrogen-bond acceptors (Lipinski definition) is 3. The molecule has 3 aromatic carbocycles. The lowest BCUT2D eigenvalue weighted by Crippen LogP contribution is -2.11. The number of rotatable bonds is 3. The van der Waals surface area contributed by atoms with Crippen molar-refractivity contribution in [1.29, 1.82) is 0 Å². The molecule has 0 saturated carbocycles. The first kappa shape index (κ1) is 14.5. The van der Waals surface area contributed by atoms with Crippen molar-refractivity contribution in [3.05, 3.63) is 72.8 Å². The van der Waals surface area contributed by atoms with E-state index in [1.807, 2.05) is 19.2 Å². The maximum Gasteiger partial charge on any atom is 0.0730 e. The summed E-state index contributed by atoms with van der Waals surface area (Å²) in [4.78, 5) is 7.05. The van der Waals surface area contributed by atoms with Crippen LogP contribution in [0.25, 0.3) is 21.8 Å². The first-order chi connectivity index (χ1) is 11.8. The highest BCUT2D eigenvalue weighted by Crippen LogP contribution is 2.37. The second kappa shape index (κ2) is 5.85. The standard InChI is InChI=1S/C21H19N3/c1-22-15-8-7-9-16(14-15)24(2)21-17-10-3-5-12-19(17)23-20-13-6-4-11-18(20)21/h3-14,22H,1-2H3. The lowest BCUT2D eigenvalue weighted by Gasteiger charge is -2.24. The smallest absolute Gasteiger partial charge is 0.0730 e. The minimum atomic E-state index is 1.02. The summed E-state index contributed by atoms with van der Waals surface area (Å²) in [5, 5.41) is 5.53. The third kappa shape index (κ3) is 2.35. The third-order valence-electron chi connectivity index (χ3n) is 4.42. The van der Waals surface area contributed by atoms with Gasteiger partial charge in [0.15, 0.2) is 0 Å². The molecule has 0 amide bonds. The Morgan fingerprint density at radius 2 is 1.42 bits per heavy atom. The Hall–Kier alpha value is -3.07. The van der Waals surface area contributed by atoms with Crippen LogP contribution in [0.4, 0.5) is 17.1 Å². The number of nitrogens with zero attached hydrogens (tertiary/aromatic N) is 2. The SMILES string of the molecule is CNc1cccc(N(C)c2c3ccccc3nc3ccccc23)c1. The zero-order chi connectivity index (χ0) is 16.5. The molecule has 0 unspecified atom stereocenters. The van der Waals surface area contributed by atoms with Crippen LogP contribution in [0, 0.1) is 0 Å². The van der Waals surface area contributed by atoms with E-state index in [1.165, 1.54) is 5.69 Å². The first-order valence-corrected chi connectivity index (χ1v) is 8.07. The van der Waals surface area contributed by atoms with E-state index < -0.39 is 0 Å². The molecule has 3 heteroatoms. The van der Waals surface area contributed by atoms with E-state index in [9.17, 15) is 0 Å². The molecule has 4 rings (SSSR count). The van der Waals surface area contributed by atoms with E-state index in [2.05, 4.69) is 77.9 Å². The number of aromatic nitrogens is 1. The summed E-state index contributed by atoms with van der Waals surface area (Å²) in [6.07, 6.45) is 0. The lowest BCUT2D eigenvalue weighted by atomic mass is 10.1. The van der Waals surface area contributed by atoms with Crippen LogP contribution < -0.4 is 10.2 Å². The van der Waals surface area contributed by atoms with Gasteiger partial charge in [-0.2, -0.15) is 0 Å². The van der Waals surface area contributed by atoms with E-state index in [1.54, 1.807) is 0 Å². The number of hydrogen-bond donors (Lipinski definition) is 1. The Balaban J connectivity index is 2.02. The Morgan fingerprint density at radius 3 is 2.04 bits per heavy atom. The number of nitrogens with one attached hydrogen (secondary N) is 1. The van der Waals surface area contributed by atoms with Gasteiger partial charge < -0.3 is 10.2 Å². The van der Waals surface area contributed by atoms with Crippen molar-refractivity contribution in [1.82, 2.24) is 4.98 Å². The number of benzene rings is 3. The Morgan fingerprint density at radius 1 is 0.792 bits per heavy atom. The van der Waals surface area contributed by atoms with Gasteiger partial charge in [-0.15, -0.1) is 0 Å². The molecule has 1 N–H and O–H groups in total. The van der Waals surface area contributed by atoms with Crippen LogP contribution in [0.1, 0.15) is 0 Å². The third-order valence-corrected chi connectivity index (χ3v) is 4.42. The van der Waals surface area contributed by atoms with Crippen LogP contribution in [0.2, 0.25) is 0 Å². The molecular weight excluding hydrogens is 294 g/mol. The second-order valence-electron chi connectivity index (χ2n) is 5.85. The summed E-state index contributed by atoms with van der Waals surface area (Å²) < 4.78 is 0. The Bertz CT molecular complexity index is 970. The van der Waals surface area contributed by atoms with Gasteiger partial charge in [0.25, 0.3) is 0 Å². The molecule has 0 spiro atoms. The van der Waals surface area contributed by atoms with E-state index in [-0.39, 0.29) is 0 Å². The molecule has 118 valence electrons. The van der Waals surface area contributed by atoms with Gasteiger partial charge in [-0.05, 0) is 30.3 Å². The molecule has 4 aromatic rings. The average Bonchev–Trinajstić information content (AvgIpc) is 2.65. The summed E-state index contributed by atoms with van der Waals surface area (Å²) in [6, 6.07) is 25.1. The molecule has 3 nitrogen and oxygen atoms in total. The van der Waals surface area contributed by atoms with Crippen molar-refractivity contribution in [2.75, 3.05) is 24.3 Å². The lowest BCUT2D eigenvalue weighted by molar-refractivity contribution is 1.23. The van der Waals surface area contributed by atoms with Crippen molar-refractivity contribution in [2.24, 2.45) is 0 Å². The summed E-state index contributed by atoms with van der Waals surface area (Å²) in [5.74, 6) is 0. The topological polar surface area (TPSA) is 28.2 Å². The van der Waals surface area contributed by atoms with E-state index in [0.29, 0.717) is 0 Å². The number of para-hydroxylation sites is 2. The van der Waals surface area contributed by atoms with Crippen LogP contribution >= 0.6 is 0 Å². The van der Waals surface area contributed by atoms with Crippen molar-refractivity contribution in [3.63, 3.8) is 0 Å². The van der Waals surface area contributed by atoms with E-state index >= 15 is 0 Å². The van der Waals surface area contributed by atoms with E-state index in [4.69, 9.17) is 4.98 Å². The Labute approximate surface area is 141 Å². The second-order valence-corrected chi connectivity index (χ2v) is 5.85. The van der Waals surface area contributed by atoms with Gasteiger partial charge in [0.2, 0.25) is 0 Å². The normalized spacial score (nSPS) is 10.9. The molecule has 0 bridgehead atoms. The maximum absolute atomic E-state index is 4.81. The minimum absolute atomic E-state index is 1.02. The molecule has 0 aliphatic heterocycles. The fraction of sp³-hybridized carbons (Fsp3) is 0.0952. The molecule has 1 aromatic heterocycles. The van der Waals surface area contributed by atoms with Crippen LogP contribution in [-0.2, 0) is 0 Å². The highest BCUT2D eigenvalue weighted by atomic mass is 15.1. The quantitative estimate of drug-likeness (QED) is 0.527. The number of anilines is 3. The number of fused-ring (bicyclic) bond motifs is 2. The highest BCUT2D eigenvalue weighted by Gasteiger charge is 2.14. The van der Waals surface area contributed by atoms with Gasteiger partial charge in [0.05, 0.1) is 16.7 Å². The summed E-state index contributed by atoms with van der Waals surface area (Å²) >= 11 is 0. The minimum Gasteiger partial charge on any atom is -0.388 e. The van der Waals surface area contributed by atoms with Crippen LogP contribution in [0.5, 0.6) is 0 Å². The summed E-state index contributed by atoms with van der Waals surface area (Å²) in [5.41, 5.74) is 5.46. The van der Waals surface area contributed by atoms with Gasteiger partial charge in [0.1, 0.15) is 0 Å². The molecule has 0 aliphatic rings. The maximum atomic E-state index is 4.81. The van der Waals surface area contributed by atoms with Gasteiger partial charge in [-0.3, -0.25) is 0 Å². The van der Waals surface area contributed by atoms with Crippen molar-refractivity contribution >= 4 is 38.9 Å². The van der Waals surface area contributed by atoms with Crippen molar-refractivity contribution in [3.8, 4) is 0 Å². The summed E-state index contributed by atoms with van der Waals surface area (Å²) in [6.45, 7) is 0. The highest BCUT2D eigenvalue weighted by molar-refractivity contribution is 6.09. The van der Waals surface area contributed by atoms with Crippen molar-refractivity contribution < 1.29 is 0 Å². The fourth-order valence-corrected chi connectivity index (χ4v) is 3.18. The van der Waals surface area contributed by atoms with Crippen LogP contribution in [0.3, 0.4) is 0 Å². The van der Waals surface area contributed by atoms with Gasteiger partial charge in [-0.25, -0.2) is 4.98 Å². The van der Waals surface area contributed by atoms with Gasteiger partial charge in [0, 0.05) is 36.2 Å². The first-order valence-electron chi connectivity index (χ1n) is 8.07. The molecule has 24 heavy (non-hydrogen) atoms. The number of pyridine rings is 1. The van der Waals surface area contributed by atoms with Crippen LogP contribution in [0.15, 0.2) is 72.8 Å². The Kier molecular flexibility index (Phi) is 3.54. The van der Waals surface area contributed by atoms with Crippen LogP contribution in [-0.4, -0.2) is 19.1 Å². The molecule has 0 fully saturated rings. The van der Waals surface area contributed by atoms with Gasteiger partial charge >= 0.3 is 0 Å². The van der Waals surface area contributed by atoms with Crippen molar-refractivity contribution in [2.45, 2.75) is 0 Å². The van der Waals surface area contributed by atoms with Gasteiger partial charge in [-0.1, -0.05) is 42.5 Å². The zero-order valence-corrected chi connectivity index (χ0v) is 13.8. The molecule has 1 heterocycles. The predicted octanol–water partition coefficient (Wildman–Crippen LogP) is 5.20. The summed E-state index contributed by atoms with van der Waals surface area (Å²) in [7, 11) is 4.05. The monoisotopic (exact) mass is 313 g/mol.